The van der Waals surface area contributed by atoms with Crippen molar-refractivity contribution in [3.63, 3.8) is 0 Å². The van der Waals surface area contributed by atoms with Gasteiger partial charge >= 0.3 is 5.97 Å². The fourth-order valence-corrected chi connectivity index (χ4v) is 1.64. The standard InChI is InChI=1S/C11H16N2O2/c1-2-9(10(12)11(14)15-13)8-6-4-3-5-7-8/h3-7,9-10H,2,12-13H2,1H3. The summed E-state index contributed by atoms with van der Waals surface area (Å²) in [7, 11) is 0. The van der Waals surface area contributed by atoms with Crippen LogP contribution in [0, 0.1) is 0 Å². The normalized spacial score (nSPS) is 14.3. The van der Waals surface area contributed by atoms with Crippen LogP contribution in [0.4, 0.5) is 0 Å². The topological polar surface area (TPSA) is 78.3 Å². The van der Waals surface area contributed by atoms with Gasteiger partial charge in [0.25, 0.3) is 0 Å². The van der Waals surface area contributed by atoms with E-state index in [1.165, 1.54) is 0 Å². The molecule has 15 heavy (non-hydrogen) atoms. The molecular formula is C11H16N2O2. The molecule has 1 rings (SSSR count). The highest BCUT2D eigenvalue weighted by atomic mass is 16.7. The molecule has 1 aromatic carbocycles. The molecule has 0 aliphatic rings. The molecule has 0 heterocycles. The van der Waals surface area contributed by atoms with Gasteiger partial charge in [0.15, 0.2) is 0 Å². The summed E-state index contributed by atoms with van der Waals surface area (Å²) in [6, 6.07) is 8.93. The second kappa shape index (κ2) is 5.48. The molecule has 2 atom stereocenters. The van der Waals surface area contributed by atoms with Crippen molar-refractivity contribution in [3.8, 4) is 0 Å². The van der Waals surface area contributed by atoms with E-state index in [0.29, 0.717) is 0 Å². The second-order valence-electron chi connectivity index (χ2n) is 3.39. The van der Waals surface area contributed by atoms with Crippen LogP contribution in [0.1, 0.15) is 24.8 Å². The minimum Gasteiger partial charge on any atom is -0.372 e. The lowest BCUT2D eigenvalue weighted by Gasteiger charge is -2.20. The van der Waals surface area contributed by atoms with Crippen molar-refractivity contribution in [2.24, 2.45) is 11.6 Å². The molecule has 4 N–H and O–H groups in total. The minimum absolute atomic E-state index is 0.0535. The lowest BCUT2D eigenvalue weighted by atomic mass is 9.90. The van der Waals surface area contributed by atoms with Crippen molar-refractivity contribution in [1.29, 1.82) is 0 Å². The Labute approximate surface area is 89.2 Å². The number of nitrogens with two attached hydrogens (primary N) is 2. The highest BCUT2D eigenvalue weighted by Crippen LogP contribution is 2.22. The number of carbonyl (C=O) groups excluding carboxylic acids is 1. The van der Waals surface area contributed by atoms with Crippen LogP contribution in [0.25, 0.3) is 0 Å². The summed E-state index contributed by atoms with van der Waals surface area (Å²) >= 11 is 0. The predicted octanol–water partition coefficient (Wildman–Crippen LogP) is 0.924. The number of rotatable bonds is 4. The molecule has 0 fully saturated rings. The minimum atomic E-state index is -0.706. The third-order valence-corrected chi connectivity index (χ3v) is 2.49. The van der Waals surface area contributed by atoms with Crippen molar-refractivity contribution >= 4 is 5.97 Å². The van der Waals surface area contributed by atoms with Crippen molar-refractivity contribution in [2.75, 3.05) is 0 Å². The van der Waals surface area contributed by atoms with Gasteiger partial charge in [-0.15, -0.1) is 0 Å². The van der Waals surface area contributed by atoms with Gasteiger partial charge in [-0.25, -0.2) is 4.79 Å². The fourth-order valence-electron chi connectivity index (χ4n) is 1.64. The SMILES string of the molecule is CCC(c1ccccc1)C(N)C(=O)ON. The van der Waals surface area contributed by atoms with E-state index >= 15 is 0 Å². The van der Waals surface area contributed by atoms with E-state index in [-0.39, 0.29) is 5.92 Å². The lowest BCUT2D eigenvalue weighted by molar-refractivity contribution is -0.146. The quantitative estimate of drug-likeness (QED) is 0.721. The van der Waals surface area contributed by atoms with Gasteiger partial charge in [0.1, 0.15) is 6.04 Å². The maximum Gasteiger partial charge on any atom is 0.341 e. The molecular weight excluding hydrogens is 192 g/mol. The summed E-state index contributed by atoms with van der Waals surface area (Å²) in [5, 5.41) is 0. The van der Waals surface area contributed by atoms with Gasteiger partial charge in [-0.05, 0) is 12.0 Å². The Kier molecular flexibility index (Phi) is 4.27. The highest BCUT2D eigenvalue weighted by molar-refractivity contribution is 5.76. The average Bonchev–Trinajstić information content (AvgIpc) is 2.30. The Morgan fingerprint density at radius 2 is 2.00 bits per heavy atom. The molecule has 0 aliphatic heterocycles. The van der Waals surface area contributed by atoms with Crippen LogP contribution in [0.3, 0.4) is 0 Å². The van der Waals surface area contributed by atoms with Crippen molar-refractivity contribution in [2.45, 2.75) is 25.3 Å². The lowest BCUT2D eigenvalue weighted by Crippen LogP contribution is -2.39. The predicted molar refractivity (Wildman–Crippen MR) is 57.7 cm³/mol. The third-order valence-electron chi connectivity index (χ3n) is 2.49. The number of benzene rings is 1. The summed E-state index contributed by atoms with van der Waals surface area (Å²) in [5.74, 6) is 4.18. The molecule has 4 heteroatoms. The zero-order valence-corrected chi connectivity index (χ0v) is 8.72. The molecule has 0 amide bonds. The van der Waals surface area contributed by atoms with Crippen LogP contribution in [0.2, 0.25) is 0 Å². The van der Waals surface area contributed by atoms with E-state index in [4.69, 9.17) is 11.6 Å². The van der Waals surface area contributed by atoms with Crippen LogP contribution in [0.15, 0.2) is 30.3 Å². The van der Waals surface area contributed by atoms with Crippen LogP contribution in [-0.4, -0.2) is 12.0 Å². The van der Waals surface area contributed by atoms with E-state index in [1.807, 2.05) is 37.3 Å². The maximum atomic E-state index is 11.2. The summed E-state index contributed by atoms with van der Waals surface area (Å²) in [5.41, 5.74) is 6.79. The molecule has 0 aromatic heterocycles. The Balaban J connectivity index is 2.85. The van der Waals surface area contributed by atoms with Gasteiger partial charge in [0.2, 0.25) is 0 Å². The molecule has 1 aromatic rings. The van der Waals surface area contributed by atoms with Gasteiger partial charge in [-0.3, -0.25) is 0 Å². The summed E-state index contributed by atoms with van der Waals surface area (Å²) in [6.45, 7) is 1.97. The monoisotopic (exact) mass is 208 g/mol. The van der Waals surface area contributed by atoms with Crippen LogP contribution in [-0.2, 0) is 9.63 Å². The Bertz CT molecular complexity index is 314. The van der Waals surface area contributed by atoms with Gasteiger partial charge in [0, 0.05) is 5.92 Å². The maximum absolute atomic E-state index is 11.2. The van der Waals surface area contributed by atoms with E-state index < -0.39 is 12.0 Å². The highest BCUT2D eigenvalue weighted by Gasteiger charge is 2.25. The summed E-state index contributed by atoms with van der Waals surface area (Å²) in [6.07, 6.45) is 0.764. The van der Waals surface area contributed by atoms with E-state index in [1.54, 1.807) is 0 Å². The van der Waals surface area contributed by atoms with Crippen LogP contribution >= 0.6 is 0 Å². The first-order valence-electron chi connectivity index (χ1n) is 4.91. The molecule has 0 saturated carbocycles. The van der Waals surface area contributed by atoms with Crippen molar-refractivity contribution in [3.05, 3.63) is 35.9 Å². The molecule has 0 saturated heterocycles. The Morgan fingerprint density at radius 1 is 1.40 bits per heavy atom. The number of hydrogen-bond donors (Lipinski definition) is 2. The van der Waals surface area contributed by atoms with E-state index in [0.717, 1.165) is 12.0 Å². The van der Waals surface area contributed by atoms with Crippen LogP contribution < -0.4 is 11.6 Å². The first-order chi connectivity index (χ1) is 7.20. The zero-order valence-electron chi connectivity index (χ0n) is 8.72. The van der Waals surface area contributed by atoms with Gasteiger partial charge in [-0.2, -0.15) is 5.90 Å². The molecule has 0 aliphatic carbocycles. The molecule has 0 spiro atoms. The number of carbonyl (C=O) groups is 1. The Morgan fingerprint density at radius 3 is 2.47 bits per heavy atom. The van der Waals surface area contributed by atoms with E-state index in [9.17, 15) is 4.79 Å². The zero-order chi connectivity index (χ0) is 11.3. The van der Waals surface area contributed by atoms with Gasteiger partial charge in [-0.1, -0.05) is 37.3 Å². The molecule has 0 bridgehead atoms. The summed E-state index contributed by atoms with van der Waals surface area (Å²) in [4.78, 5) is 15.4. The molecule has 4 nitrogen and oxygen atoms in total. The summed E-state index contributed by atoms with van der Waals surface area (Å²) < 4.78 is 0. The largest absolute Gasteiger partial charge is 0.372 e. The first-order valence-corrected chi connectivity index (χ1v) is 4.91. The fraction of sp³-hybridized carbons (Fsp3) is 0.364. The van der Waals surface area contributed by atoms with Gasteiger partial charge < -0.3 is 10.6 Å². The second-order valence-corrected chi connectivity index (χ2v) is 3.39. The number of hydrogen-bond acceptors (Lipinski definition) is 4. The third kappa shape index (κ3) is 2.78. The van der Waals surface area contributed by atoms with Crippen LogP contribution in [0.5, 0.6) is 0 Å². The van der Waals surface area contributed by atoms with Crippen molar-refractivity contribution in [1.82, 2.24) is 0 Å². The smallest absolute Gasteiger partial charge is 0.341 e. The van der Waals surface area contributed by atoms with Crippen molar-refractivity contribution < 1.29 is 9.63 Å². The average molecular weight is 208 g/mol. The van der Waals surface area contributed by atoms with E-state index in [2.05, 4.69) is 4.84 Å². The molecule has 82 valence electrons. The molecule has 2 unspecified atom stereocenters. The Hall–Kier alpha value is -1.39. The van der Waals surface area contributed by atoms with Gasteiger partial charge in [0.05, 0.1) is 0 Å². The molecule has 0 radical (unpaired) electrons. The first kappa shape index (κ1) is 11.7.